The van der Waals surface area contributed by atoms with Gasteiger partial charge in [-0.25, -0.2) is 4.98 Å². The lowest BCUT2D eigenvalue weighted by Crippen LogP contribution is -2.39. The molecule has 0 aromatic carbocycles. The fraction of sp³-hybridized carbons (Fsp3) is 0.583. The van der Waals surface area contributed by atoms with Crippen LogP contribution in [0.5, 0.6) is 0 Å². The first-order valence-corrected chi connectivity index (χ1v) is 7.07. The predicted octanol–water partition coefficient (Wildman–Crippen LogP) is -1.90. The minimum absolute atomic E-state index is 0.0350. The number of hydrogen-bond acceptors (Lipinski definition) is 7. The Morgan fingerprint density at radius 3 is 3.05 bits per heavy atom. The minimum atomic E-state index is -0.585. The minimum Gasteiger partial charge on any atom is -0.390 e. The number of tetrazole rings is 1. The summed E-state index contributed by atoms with van der Waals surface area (Å²) in [6.45, 7) is 2.78. The number of imidazole rings is 1. The van der Waals surface area contributed by atoms with E-state index in [0.29, 0.717) is 32.7 Å². The van der Waals surface area contributed by atoms with E-state index < -0.39 is 6.10 Å². The summed E-state index contributed by atoms with van der Waals surface area (Å²) in [6, 6.07) is 0. The van der Waals surface area contributed by atoms with Gasteiger partial charge in [0.1, 0.15) is 6.54 Å². The maximum Gasteiger partial charge on any atom is 0.246 e. The number of hydrogen-bond donors (Lipinski definition) is 2. The molecule has 2 aromatic heterocycles. The first kappa shape index (κ1) is 14.6. The summed E-state index contributed by atoms with van der Waals surface area (Å²) in [4.78, 5) is 24.2. The van der Waals surface area contributed by atoms with Gasteiger partial charge in [0.05, 0.1) is 12.4 Å². The van der Waals surface area contributed by atoms with Crippen molar-refractivity contribution < 1.29 is 9.90 Å². The number of aliphatic hydroxyl groups is 1. The van der Waals surface area contributed by atoms with Crippen LogP contribution in [0.3, 0.4) is 0 Å². The molecular weight excluding hydrogens is 288 g/mol. The van der Waals surface area contributed by atoms with Crippen molar-refractivity contribution in [3.05, 3.63) is 24.5 Å². The van der Waals surface area contributed by atoms with E-state index in [9.17, 15) is 9.90 Å². The number of aromatic nitrogens is 6. The van der Waals surface area contributed by atoms with Crippen LogP contribution in [-0.4, -0.2) is 83.3 Å². The monoisotopic (exact) mass is 306 g/mol. The molecule has 3 rings (SSSR count). The first-order chi connectivity index (χ1) is 10.7. The second-order valence-corrected chi connectivity index (χ2v) is 5.27. The van der Waals surface area contributed by atoms with Crippen LogP contribution in [-0.2, 0) is 17.9 Å². The van der Waals surface area contributed by atoms with Gasteiger partial charge in [-0.05, 0) is 5.21 Å². The van der Waals surface area contributed by atoms with E-state index in [4.69, 9.17) is 0 Å². The van der Waals surface area contributed by atoms with E-state index in [2.05, 4.69) is 30.3 Å². The van der Waals surface area contributed by atoms with Gasteiger partial charge in [-0.3, -0.25) is 9.69 Å². The highest BCUT2D eigenvalue weighted by atomic mass is 16.3. The van der Waals surface area contributed by atoms with Gasteiger partial charge in [-0.15, -0.1) is 10.2 Å². The molecule has 2 aromatic rings. The molecule has 1 saturated heterocycles. The topological polar surface area (TPSA) is 116 Å². The Morgan fingerprint density at radius 2 is 2.32 bits per heavy atom. The second kappa shape index (κ2) is 6.62. The summed E-state index contributed by atoms with van der Waals surface area (Å²) < 4.78 is 0. The van der Waals surface area contributed by atoms with E-state index in [1.165, 1.54) is 11.1 Å². The van der Waals surface area contributed by atoms with Gasteiger partial charge in [0.15, 0.2) is 6.33 Å². The van der Waals surface area contributed by atoms with Crippen molar-refractivity contribution in [3.63, 3.8) is 0 Å². The zero-order chi connectivity index (χ0) is 15.4. The van der Waals surface area contributed by atoms with Gasteiger partial charge in [0, 0.05) is 44.6 Å². The average molecular weight is 306 g/mol. The van der Waals surface area contributed by atoms with Crippen LogP contribution < -0.4 is 0 Å². The number of amides is 1. The Morgan fingerprint density at radius 1 is 1.41 bits per heavy atom. The van der Waals surface area contributed by atoms with Crippen molar-refractivity contribution >= 4 is 5.91 Å². The maximum absolute atomic E-state index is 12.2. The fourth-order valence-electron chi connectivity index (χ4n) is 2.52. The number of rotatable bonds is 4. The molecule has 22 heavy (non-hydrogen) atoms. The summed E-state index contributed by atoms with van der Waals surface area (Å²) in [5.41, 5.74) is 0.985. The highest BCUT2D eigenvalue weighted by molar-refractivity contribution is 5.75. The van der Waals surface area contributed by atoms with Crippen LogP contribution in [0.25, 0.3) is 0 Å². The van der Waals surface area contributed by atoms with E-state index in [1.54, 1.807) is 17.4 Å². The number of carbonyl (C=O) groups is 1. The van der Waals surface area contributed by atoms with Gasteiger partial charge in [-0.1, -0.05) is 0 Å². The Balaban J connectivity index is 1.57. The molecule has 1 fully saturated rings. The lowest BCUT2D eigenvalue weighted by atomic mass is 10.3. The largest absolute Gasteiger partial charge is 0.390 e. The number of aromatic amines is 1. The van der Waals surface area contributed by atoms with Crippen molar-refractivity contribution in [1.82, 2.24) is 40.0 Å². The predicted molar refractivity (Wildman–Crippen MR) is 74.3 cm³/mol. The number of β-amino-alcohol motifs (C(OH)–C–C–N with tert-alkyl or cyclic N) is 1. The third kappa shape index (κ3) is 3.65. The van der Waals surface area contributed by atoms with Crippen molar-refractivity contribution in [3.8, 4) is 0 Å². The number of nitrogens with zero attached hydrogens (tertiary/aromatic N) is 7. The van der Waals surface area contributed by atoms with Crippen LogP contribution in [0.4, 0.5) is 0 Å². The summed E-state index contributed by atoms with van der Waals surface area (Å²) >= 11 is 0. The highest BCUT2D eigenvalue weighted by Gasteiger charge is 2.25. The third-order valence-corrected chi connectivity index (χ3v) is 3.56. The van der Waals surface area contributed by atoms with Crippen LogP contribution in [0.15, 0.2) is 18.9 Å². The maximum atomic E-state index is 12.2. The standard InChI is InChI=1S/C12H18N8O2/c21-11-5-18(4-10-3-13-8-14-10)1-2-19(6-11)12(22)7-20-16-9-15-17-20/h3,8-9,11,21H,1-2,4-7H2,(H,13,14). The summed E-state index contributed by atoms with van der Waals surface area (Å²) in [5, 5.41) is 21.2. The van der Waals surface area contributed by atoms with Crippen molar-refractivity contribution in [2.24, 2.45) is 0 Å². The van der Waals surface area contributed by atoms with E-state index in [-0.39, 0.29) is 12.5 Å². The molecule has 118 valence electrons. The third-order valence-electron chi connectivity index (χ3n) is 3.56. The number of H-pyrrole nitrogens is 1. The van der Waals surface area contributed by atoms with Crippen LogP contribution in [0, 0.1) is 0 Å². The molecule has 0 aliphatic carbocycles. The zero-order valence-corrected chi connectivity index (χ0v) is 12.0. The quantitative estimate of drug-likeness (QED) is 0.678. The van der Waals surface area contributed by atoms with E-state index in [1.807, 2.05) is 0 Å². The number of aliphatic hydroxyl groups excluding tert-OH is 1. The Hall–Kier alpha value is -2.33. The van der Waals surface area contributed by atoms with Crippen molar-refractivity contribution in [1.29, 1.82) is 0 Å². The molecule has 3 heterocycles. The molecule has 1 amide bonds. The molecule has 0 radical (unpaired) electrons. The van der Waals surface area contributed by atoms with E-state index >= 15 is 0 Å². The van der Waals surface area contributed by atoms with Crippen molar-refractivity contribution in [2.75, 3.05) is 26.2 Å². The molecule has 0 spiro atoms. The Kier molecular flexibility index (Phi) is 4.39. The molecular formula is C12H18N8O2. The summed E-state index contributed by atoms with van der Waals surface area (Å²) in [6.07, 6.45) is 4.09. The van der Waals surface area contributed by atoms with Crippen LogP contribution in [0.2, 0.25) is 0 Å². The van der Waals surface area contributed by atoms with E-state index in [0.717, 1.165) is 5.69 Å². The summed E-state index contributed by atoms with van der Waals surface area (Å²) in [7, 11) is 0. The number of carbonyl (C=O) groups excluding carboxylic acids is 1. The van der Waals surface area contributed by atoms with Gasteiger partial charge in [0.25, 0.3) is 0 Å². The normalized spacial score (nSPS) is 20.0. The molecule has 0 saturated carbocycles. The Bertz CT molecular complexity index is 584. The Labute approximate surface area is 126 Å². The zero-order valence-electron chi connectivity index (χ0n) is 12.0. The molecule has 1 aliphatic rings. The smallest absolute Gasteiger partial charge is 0.246 e. The molecule has 10 nitrogen and oxygen atoms in total. The SMILES string of the molecule is O=C(Cn1ncnn1)N1CCN(Cc2cnc[nH]2)CC(O)C1. The highest BCUT2D eigenvalue weighted by Crippen LogP contribution is 2.08. The summed E-state index contributed by atoms with van der Waals surface area (Å²) in [5.74, 6) is -0.125. The van der Waals surface area contributed by atoms with Gasteiger partial charge >= 0.3 is 0 Å². The fourth-order valence-corrected chi connectivity index (χ4v) is 2.52. The molecule has 1 aliphatic heterocycles. The van der Waals surface area contributed by atoms with Crippen LogP contribution >= 0.6 is 0 Å². The van der Waals surface area contributed by atoms with Gasteiger partial charge in [-0.2, -0.15) is 4.80 Å². The van der Waals surface area contributed by atoms with Crippen molar-refractivity contribution in [2.45, 2.75) is 19.2 Å². The average Bonchev–Trinajstić information content (AvgIpc) is 3.13. The lowest BCUT2D eigenvalue weighted by molar-refractivity contribution is -0.133. The molecule has 0 bridgehead atoms. The molecule has 2 N–H and O–H groups in total. The number of nitrogens with one attached hydrogen (secondary N) is 1. The molecule has 1 unspecified atom stereocenters. The molecule has 1 atom stereocenters. The second-order valence-electron chi connectivity index (χ2n) is 5.27. The van der Waals surface area contributed by atoms with Gasteiger partial charge < -0.3 is 15.0 Å². The van der Waals surface area contributed by atoms with Crippen LogP contribution in [0.1, 0.15) is 5.69 Å². The lowest BCUT2D eigenvalue weighted by Gasteiger charge is -2.21. The first-order valence-electron chi connectivity index (χ1n) is 7.07. The van der Waals surface area contributed by atoms with Gasteiger partial charge in [0.2, 0.25) is 5.91 Å². The molecule has 10 heteroatoms.